The average Bonchev–Trinajstić information content (AvgIpc) is 2.95. The van der Waals surface area contributed by atoms with E-state index in [9.17, 15) is 0 Å². The molecule has 1 aromatic carbocycles. The topological polar surface area (TPSA) is 44.5 Å². The van der Waals surface area contributed by atoms with Crippen LogP contribution in [0.5, 0.6) is 11.5 Å². The van der Waals surface area contributed by atoms with Crippen LogP contribution in [0.25, 0.3) is 0 Å². The van der Waals surface area contributed by atoms with Crippen molar-refractivity contribution in [3.8, 4) is 11.5 Å². The van der Waals surface area contributed by atoms with E-state index in [1.165, 1.54) is 4.88 Å². The molecule has 0 aliphatic heterocycles. The van der Waals surface area contributed by atoms with Gasteiger partial charge in [-0.1, -0.05) is 6.07 Å². The van der Waals surface area contributed by atoms with Crippen LogP contribution in [0, 0.1) is 0 Å². The van der Waals surface area contributed by atoms with Gasteiger partial charge in [-0.25, -0.2) is 0 Å². The Kier molecular flexibility index (Phi) is 5.88. The molecule has 0 saturated heterocycles. The Bertz CT molecular complexity index is 543. The molecule has 2 N–H and O–H groups in total. The van der Waals surface area contributed by atoms with Crippen LogP contribution < -0.4 is 15.2 Å². The number of rotatable bonds is 7. The lowest BCUT2D eigenvalue weighted by Gasteiger charge is -2.15. The summed E-state index contributed by atoms with van der Waals surface area (Å²) in [6.07, 6.45) is 0.897. The van der Waals surface area contributed by atoms with E-state index < -0.39 is 0 Å². The maximum Gasteiger partial charge on any atom is 0.175 e. The summed E-state index contributed by atoms with van der Waals surface area (Å²) in [6, 6.07) is 8.08. The van der Waals surface area contributed by atoms with Gasteiger partial charge in [-0.2, -0.15) is 0 Å². The predicted octanol–water partition coefficient (Wildman–Crippen LogP) is 3.99. The number of hydrogen-bond donors (Lipinski definition) is 1. The molecule has 0 unspecified atom stereocenters. The fourth-order valence-electron chi connectivity index (χ4n) is 1.85. The second-order valence-corrected chi connectivity index (χ2v) is 6.11. The lowest BCUT2D eigenvalue weighted by atomic mass is 10.2. The van der Waals surface area contributed by atoms with Gasteiger partial charge in [0, 0.05) is 17.8 Å². The molecule has 108 valence electrons. The number of nitrogens with two attached hydrogens (primary N) is 1. The zero-order chi connectivity index (χ0) is 14.4. The van der Waals surface area contributed by atoms with Crippen molar-refractivity contribution in [1.29, 1.82) is 0 Å². The van der Waals surface area contributed by atoms with Crippen LogP contribution in [0.2, 0.25) is 0 Å². The van der Waals surface area contributed by atoms with E-state index in [4.69, 9.17) is 15.2 Å². The predicted molar refractivity (Wildman–Crippen MR) is 86.7 cm³/mol. The van der Waals surface area contributed by atoms with E-state index in [1.807, 2.05) is 19.1 Å². The third-order valence-electron chi connectivity index (χ3n) is 2.78. The standard InChI is InChI=1S/C15H18BrNO2S/c1-2-18-14-9-11(10-17)8-13(16)15(14)19-6-5-12-4-3-7-20-12/h3-4,7-9H,2,5-6,10,17H2,1H3. The maximum absolute atomic E-state index is 5.89. The van der Waals surface area contributed by atoms with Crippen LogP contribution >= 0.6 is 27.3 Å². The van der Waals surface area contributed by atoms with Gasteiger partial charge in [0.05, 0.1) is 17.7 Å². The lowest BCUT2D eigenvalue weighted by Crippen LogP contribution is -2.05. The summed E-state index contributed by atoms with van der Waals surface area (Å²) in [5.41, 5.74) is 6.70. The zero-order valence-corrected chi connectivity index (χ0v) is 13.8. The van der Waals surface area contributed by atoms with E-state index in [1.54, 1.807) is 11.3 Å². The van der Waals surface area contributed by atoms with Crippen LogP contribution in [0.3, 0.4) is 0 Å². The summed E-state index contributed by atoms with van der Waals surface area (Å²) in [5.74, 6) is 1.49. The van der Waals surface area contributed by atoms with E-state index in [2.05, 4.69) is 33.4 Å². The molecule has 0 saturated carbocycles. The van der Waals surface area contributed by atoms with Gasteiger partial charge in [-0.15, -0.1) is 11.3 Å². The van der Waals surface area contributed by atoms with Crippen LogP contribution in [-0.4, -0.2) is 13.2 Å². The maximum atomic E-state index is 5.89. The van der Waals surface area contributed by atoms with E-state index in [-0.39, 0.29) is 0 Å². The smallest absolute Gasteiger partial charge is 0.175 e. The van der Waals surface area contributed by atoms with Gasteiger partial charge in [-0.05, 0) is 52.0 Å². The largest absolute Gasteiger partial charge is 0.490 e. The summed E-state index contributed by atoms with van der Waals surface area (Å²) < 4.78 is 12.4. The highest BCUT2D eigenvalue weighted by Crippen LogP contribution is 2.37. The highest BCUT2D eigenvalue weighted by atomic mass is 79.9. The van der Waals surface area contributed by atoms with Crippen molar-refractivity contribution in [2.24, 2.45) is 5.73 Å². The fraction of sp³-hybridized carbons (Fsp3) is 0.333. The SMILES string of the molecule is CCOc1cc(CN)cc(Br)c1OCCc1cccs1. The first-order chi connectivity index (χ1) is 9.74. The molecule has 0 atom stereocenters. The first kappa shape index (κ1) is 15.4. The van der Waals surface area contributed by atoms with Gasteiger partial charge in [0.1, 0.15) is 0 Å². The number of ether oxygens (including phenoxy) is 2. The number of thiophene rings is 1. The Hall–Kier alpha value is -1.04. The Morgan fingerprint density at radius 3 is 2.80 bits per heavy atom. The van der Waals surface area contributed by atoms with Crippen molar-refractivity contribution in [2.45, 2.75) is 19.9 Å². The third kappa shape index (κ3) is 3.98. The second-order valence-electron chi connectivity index (χ2n) is 4.22. The molecule has 1 heterocycles. The van der Waals surface area contributed by atoms with Gasteiger partial charge in [0.15, 0.2) is 11.5 Å². The normalized spacial score (nSPS) is 10.6. The number of halogens is 1. The molecule has 3 nitrogen and oxygen atoms in total. The Morgan fingerprint density at radius 1 is 1.30 bits per heavy atom. The molecule has 1 aromatic heterocycles. The number of benzene rings is 1. The van der Waals surface area contributed by atoms with E-state index in [0.717, 1.165) is 28.0 Å². The van der Waals surface area contributed by atoms with E-state index >= 15 is 0 Å². The van der Waals surface area contributed by atoms with E-state index in [0.29, 0.717) is 19.8 Å². The molecule has 0 fully saturated rings. The zero-order valence-electron chi connectivity index (χ0n) is 11.4. The minimum atomic E-state index is 0.480. The Balaban J connectivity index is 2.08. The quantitative estimate of drug-likeness (QED) is 0.816. The molecular weight excluding hydrogens is 338 g/mol. The molecule has 2 aromatic rings. The molecule has 0 amide bonds. The van der Waals surface area contributed by atoms with Crippen molar-refractivity contribution in [3.63, 3.8) is 0 Å². The summed E-state index contributed by atoms with van der Waals surface area (Å²) >= 11 is 5.27. The minimum Gasteiger partial charge on any atom is -0.490 e. The second kappa shape index (κ2) is 7.67. The summed E-state index contributed by atoms with van der Waals surface area (Å²) in [5, 5.41) is 2.08. The van der Waals surface area contributed by atoms with Crippen molar-refractivity contribution in [1.82, 2.24) is 0 Å². The fourth-order valence-corrected chi connectivity index (χ4v) is 3.14. The molecule has 20 heavy (non-hydrogen) atoms. The molecule has 0 aliphatic carbocycles. The van der Waals surface area contributed by atoms with Gasteiger partial charge >= 0.3 is 0 Å². The van der Waals surface area contributed by atoms with Crippen molar-refractivity contribution in [3.05, 3.63) is 44.6 Å². The first-order valence-electron chi connectivity index (χ1n) is 6.55. The van der Waals surface area contributed by atoms with Crippen molar-refractivity contribution < 1.29 is 9.47 Å². The molecular formula is C15H18BrNO2S. The minimum absolute atomic E-state index is 0.480. The highest BCUT2D eigenvalue weighted by molar-refractivity contribution is 9.10. The van der Waals surface area contributed by atoms with Crippen LogP contribution in [0.15, 0.2) is 34.1 Å². The monoisotopic (exact) mass is 355 g/mol. The van der Waals surface area contributed by atoms with Crippen LogP contribution in [-0.2, 0) is 13.0 Å². The highest BCUT2D eigenvalue weighted by Gasteiger charge is 2.12. The van der Waals surface area contributed by atoms with Gasteiger partial charge < -0.3 is 15.2 Å². The van der Waals surface area contributed by atoms with Gasteiger partial charge in [0.2, 0.25) is 0 Å². The Labute approximate surface area is 131 Å². The lowest BCUT2D eigenvalue weighted by molar-refractivity contribution is 0.278. The number of hydrogen-bond acceptors (Lipinski definition) is 4. The molecule has 0 radical (unpaired) electrons. The van der Waals surface area contributed by atoms with Crippen molar-refractivity contribution in [2.75, 3.05) is 13.2 Å². The summed E-state index contributed by atoms with van der Waals surface area (Å²) in [6.45, 7) is 3.66. The summed E-state index contributed by atoms with van der Waals surface area (Å²) in [4.78, 5) is 1.32. The molecule has 0 aliphatic rings. The van der Waals surface area contributed by atoms with Crippen molar-refractivity contribution >= 4 is 27.3 Å². The third-order valence-corrected chi connectivity index (χ3v) is 4.31. The molecule has 0 spiro atoms. The molecule has 5 heteroatoms. The van der Waals surface area contributed by atoms with Crippen LogP contribution in [0.4, 0.5) is 0 Å². The van der Waals surface area contributed by atoms with Gasteiger partial charge in [0.25, 0.3) is 0 Å². The average molecular weight is 356 g/mol. The van der Waals surface area contributed by atoms with Crippen LogP contribution in [0.1, 0.15) is 17.4 Å². The molecule has 0 bridgehead atoms. The molecule has 2 rings (SSSR count). The Morgan fingerprint density at radius 2 is 2.15 bits per heavy atom. The van der Waals surface area contributed by atoms with Gasteiger partial charge in [-0.3, -0.25) is 0 Å². The summed E-state index contributed by atoms with van der Waals surface area (Å²) in [7, 11) is 0. The first-order valence-corrected chi connectivity index (χ1v) is 8.22.